The highest BCUT2D eigenvalue weighted by Crippen LogP contribution is 2.05. The Morgan fingerprint density at radius 2 is 2.14 bits per heavy atom. The third kappa shape index (κ3) is 3.06. The Morgan fingerprint density at radius 3 is 2.57 bits per heavy atom. The molecule has 14 heavy (non-hydrogen) atoms. The smallest absolute Gasteiger partial charge is 0.176 e. The molecule has 0 spiro atoms. The van der Waals surface area contributed by atoms with Gasteiger partial charge in [-0.15, -0.1) is 10.2 Å². The van der Waals surface area contributed by atoms with E-state index in [1.54, 1.807) is 7.05 Å². The Hall–Kier alpha value is -0.970. The van der Waals surface area contributed by atoms with E-state index in [9.17, 15) is 0 Å². The number of hydrogen-bond donors (Lipinski definition) is 1. The molecule has 0 fully saturated rings. The van der Waals surface area contributed by atoms with Crippen LogP contribution in [0.4, 0.5) is 0 Å². The van der Waals surface area contributed by atoms with Gasteiger partial charge >= 0.3 is 0 Å². The molecule has 0 bridgehead atoms. The molecule has 5 nitrogen and oxygen atoms in total. The molecule has 0 aliphatic rings. The monoisotopic (exact) mass is 197 g/mol. The van der Waals surface area contributed by atoms with Gasteiger partial charge in [0.1, 0.15) is 0 Å². The number of aryl methyl sites for hydroxylation is 1. The zero-order valence-electron chi connectivity index (χ0n) is 9.36. The summed E-state index contributed by atoms with van der Waals surface area (Å²) in [4.78, 5) is 1.50. The van der Waals surface area contributed by atoms with Crippen molar-refractivity contribution >= 4 is 0 Å². The minimum atomic E-state index is 0.434. The lowest BCUT2D eigenvalue weighted by Gasteiger charge is -2.19. The summed E-state index contributed by atoms with van der Waals surface area (Å²) in [6.45, 7) is 7.48. The maximum Gasteiger partial charge on any atom is 0.176 e. The molecule has 0 aliphatic carbocycles. The number of nitrogens with zero attached hydrogens (tertiary/aromatic N) is 4. The zero-order chi connectivity index (χ0) is 10.6. The van der Waals surface area contributed by atoms with Crippen LogP contribution in [0.2, 0.25) is 0 Å². The number of rotatable bonds is 5. The highest BCUT2D eigenvalue weighted by molar-refractivity contribution is 4.85. The van der Waals surface area contributed by atoms with Gasteiger partial charge in [0.25, 0.3) is 0 Å². The van der Waals surface area contributed by atoms with E-state index in [1.165, 1.54) is 4.80 Å². The molecule has 1 rings (SSSR count). The van der Waals surface area contributed by atoms with E-state index in [4.69, 9.17) is 0 Å². The van der Waals surface area contributed by atoms with Crippen LogP contribution in [0.15, 0.2) is 0 Å². The average Bonchev–Trinajstić information content (AvgIpc) is 2.50. The van der Waals surface area contributed by atoms with Crippen LogP contribution in [-0.4, -0.2) is 32.8 Å². The van der Waals surface area contributed by atoms with Crippen LogP contribution in [0, 0.1) is 5.92 Å². The summed E-state index contributed by atoms with van der Waals surface area (Å²) in [7, 11) is 1.79. The molecule has 0 aromatic carbocycles. The first-order valence-electron chi connectivity index (χ1n) is 5.09. The number of hydrogen-bond acceptors (Lipinski definition) is 4. The maximum absolute atomic E-state index is 4.17. The van der Waals surface area contributed by atoms with E-state index >= 15 is 0 Å². The van der Waals surface area contributed by atoms with E-state index < -0.39 is 0 Å². The van der Waals surface area contributed by atoms with Crippen molar-refractivity contribution in [2.75, 3.05) is 6.54 Å². The number of likely N-dealkylation sites (N-methyl/N-ethyl adjacent to an activating group) is 1. The van der Waals surface area contributed by atoms with Gasteiger partial charge in [0, 0.05) is 12.5 Å². The second kappa shape index (κ2) is 5.05. The molecule has 0 amide bonds. The summed E-state index contributed by atoms with van der Waals surface area (Å²) in [5.74, 6) is 1.39. The second-order valence-corrected chi connectivity index (χ2v) is 3.81. The lowest BCUT2D eigenvalue weighted by Crippen LogP contribution is -2.35. The first kappa shape index (κ1) is 11.1. The molecule has 0 aliphatic heterocycles. The molecule has 0 radical (unpaired) electrons. The summed E-state index contributed by atoms with van der Waals surface area (Å²) in [6.07, 6.45) is 0.847. The molecule has 1 aromatic heterocycles. The minimum absolute atomic E-state index is 0.434. The third-order valence-electron chi connectivity index (χ3n) is 2.22. The van der Waals surface area contributed by atoms with Crippen molar-refractivity contribution in [3.8, 4) is 0 Å². The number of aromatic nitrogens is 4. The van der Waals surface area contributed by atoms with Gasteiger partial charge in [0.2, 0.25) is 0 Å². The van der Waals surface area contributed by atoms with Crippen LogP contribution in [0.1, 0.15) is 26.6 Å². The standard InChI is InChI=1S/C9H19N5/c1-5-10-8(7(2)3)6-9-11-13-14(4)12-9/h7-8,10H,5-6H2,1-4H3. The van der Waals surface area contributed by atoms with Crippen molar-refractivity contribution in [3.63, 3.8) is 0 Å². The van der Waals surface area contributed by atoms with Gasteiger partial charge in [-0.05, 0) is 17.7 Å². The van der Waals surface area contributed by atoms with Gasteiger partial charge in [0.05, 0.1) is 7.05 Å². The van der Waals surface area contributed by atoms with Crippen molar-refractivity contribution in [2.24, 2.45) is 13.0 Å². The molecule has 0 saturated heterocycles. The summed E-state index contributed by atoms with van der Waals surface area (Å²) < 4.78 is 0. The average molecular weight is 197 g/mol. The highest BCUT2D eigenvalue weighted by Gasteiger charge is 2.15. The Kier molecular flexibility index (Phi) is 4.00. The number of nitrogens with one attached hydrogen (secondary N) is 1. The molecular formula is C9H19N5. The summed E-state index contributed by atoms with van der Waals surface area (Å²) in [5, 5.41) is 15.4. The normalized spacial score (nSPS) is 13.5. The van der Waals surface area contributed by atoms with E-state index in [2.05, 4.69) is 41.5 Å². The van der Waals surface area contributed by atoms with Crippen LogP contribution in [0.25, 0.3) is 0 Å². The maximum atomic E-state index is 4.17. The lowest BCUT2D eigenvalue weighted by molar-refractivity contribution is 0.398. The molecule has 1 N–H and O–H groups in total. The van der Waals surface area contributed by atoms with Gasteiger partial charge in [-0.25, -0.2) is 0 Å². The topological polar surface area (TPSA) is 55.6 Å². The molecular weight excluding hydrogens is 178 g/mol. The summed E-state index contributed by atoms with van der Waals surface area (Å²) >= 11 is 0. The van der Waals surface area contributed by atoms with Crippen molar-refractivity contribution in [1.82, 2.24) is 25.5 Å². The fraction of sp³-hybridized carbons (Fsp3) is 0.889. The van der Waals surface area contributed by atoms with Gasteiger partial charge in [0.15, 0.2) is 5.82 Å². The van der Waals surface area contributed by atoms with Gasteiger partial charge in [-0.1, -0.05) is 20.8 Å². The van der Waals surface area contributed by atoms with Crippen molar-refractivity contribution in [1.29, 1.82) is 0 Å². The third-order valence-corrected chi connectivity index (χ3v) is 2.22. The van der Waals surface area contributed by atoms with Crippen molar-refractivity contribution < 1.29 is 0 Å². The van der Waals surface area contributed by atoms with E-state index in [1.807, 2.05) is 0 Å². The van der Waals surface area contributed by atoms with E-state index in [-0.39, 0.29) is 0 Å². The lowest BCUT2D eigenvalue weighted by atomic mass is 10.0. The fourth-order valence-electron chi connectivity index (χ4n) is 1.41. The Balaban J connectivity index is 2.55. The van der Waals surface area contributed by atoms with E-state index in [0.29, 0.717) is 12.0 Å². The van der Waals surface area contributed by atoms with Gasteiger partial charge in [-0.2, -0.15) is 4.80 Å². The Labute approximate surface area is 84.9 Å². The molecule has 1 unspecified atom stereocenters. The molecule has 1 heterocycles. The highest BCUT2D eigenvalue weighted by atomic mass is 15.6. The van der Waals surface area contributed by atoms with Crippen molar-refractivity contribution in [3.05, 3.63) is 5.82 Å². The Morgan fingerprint density at radius 1 is 1.43 bits per heavy atom. The predicted octanol–water partition coefficient (Wildman–Crippen LogP) is 0.387. The summed E-state index contributed by atoms with van der Waals surface area (Å²) in [5.41, 5.74) is 0. The zero-order valence-corrected chi connectivity index (χ0v) is 9.36. The van der Waals surface area contributed by atoms with Crippen LogP contribution in [-0.2, 0) is 13.5 Å². The first-order chi connectivity index (χ1) is 6.63. The molecule has 1 aromatic rings. The molecule has 80 valence electrons. The summed E-state index contributed by atoms with van der Waals surface area (Å²) in [6, 6.07) is 0.434. The van der Waals surface area contributed by atoms with Crippen LogP contribution in [0.3, 0.4) is 0 Å². The Bertz CT molecular complexity index is 268. The van der Waals surface area contributed by atoms with Crippen molar-refractivity contribution in [2.45, 2.75) is 33.2 Å². The number of tetrazole rings is 1. The van der Waals surface area contributed by atoms with Gasteiger partial charge in [-0.3, -0.25) is 0 Å². The van der Waals surface area contributed by atoms with Crippen LogP contribution in [0.5, 0.6) is 0 Å². The molecule has 0 saturated carbocycles. The van der Waals surface area contributed by atoms with Gasteiger partial charge < -0.3 is 5.32 Å². The van der Waals surface area contributed by atoms with Crippen LogP contribution >= 0.6 is 0 Å². The first-order valence-corrected chi connectivity index (χ1v) is 5.09. The second-order valence-electron chi connectivity index (χ2n) is 3.81. The quantitative estimate of drug-likeness (QED) is 0.741. The molecule has 1 atom stereocenters. The minimum Gasteiger partial charge on any atom is -0.314 e. The largest absolute Gasteiger partial charge is 0.314 e. The van der Waals surface area contributed by atoms with E-state index in [0.717, 1.165) is 18.8 Å². The van der Waals surface area contributed by atoms with Crippen LogP contribution < -0.4 is 5.32 Å². The predicted molar refractivity (Wildman–Crippen MR) is 54.8 cm³/mol. The molecule has 5 heteroatoms. The fourth-order valence-corrected chi connectivity index (χ4v) is 1.41. The SMILES string of the molecule is CCNC(Cc1nnn(C)n1)C(C)C.